The normalized spacial score (nSPS) is 12.2. The van der Waals surface area contributed by atoms with Crippen LogP contribution in [0.4, 0.5) is 4.39 Å². The maximum absolute atomic E-state index is 14.2. The highest BCUT2D eigenvalue weighted by Crippen LogP contribution is 2.31. The summed E-state index contributed by atoms with van der Waals surface area (Å²) in [5.74, 6) is 0.430. The van der Waals surface area contributed by atoms with Crippen molar-refractivity contribution in [3.63, 3.8) is 0 Å². The second-order valence-electron chi connectivity index (χ2n) is 4.63. The van der Waals surface area contributed by atoms with Crippen molar-refractivity contribution >= 4 is 0 Å². The minimum atomic E-state index is -0.252. The smallest absolute Gasteiger partial charge is 0.142 e. The quantitative estimate of drug-likeness (QED) is 0.909. The summed E-state index contributed by atoms with van der Waals surface area (Å²) in [7, 11) is 1.59. The zero-order chi connectivity index (χ0) is 14.5. The van der Waals surface area contributed by atoms with Gasteiger partial charge in [0.25, 0.3) is 0 Å². The molecule has 106 valence electrons. The van der Waals surface area contributed by atoms with Crippen LogP contribution >= 0.6 is 0 Å². The van der Waals surface area contributed by atoms with E-state index in [1.807, 2.05) is 26.0 Å². The summed E-state index contributed by atoms with van der Waals surface area (Å²) >= 11 is 0. The minimum absolute atomic E-state index is 0.222. The van der Waals surface area contributed by atoms with Gasteiger partial charge in [-0.05, 0) is 25.6 Å². The van der Waals surface area contributed by atoms with E-state index in [1.165, 1.54) is 6.07 Å². The number of halogens is 1. The van der Waals surface area contributed by atoms with Crippen LogP contribution in [0.3, 0.4) is 0 Å². The molecule has 20 heavy (non-hydrogen) atoms. The third-order valence-electron chi connectivity index (χ3n) is 3.22. The fourth-order valence-electron chi connectivity index (χ4n) is 2.28. The first-order chi connectivity index (χ1) is 9.67. The molecule has 0 aliphatic rings. The molecule has 1 atom stereocenters. The Bertz CT molecular complexity index is 586. The summed E-state index contributed by atoms with van der Waals surface area (Å²) in [4.78, 5) is 4.05. The molecule has 0 saturated heterocycles. The van der Waals surface area contributed by atoms with Crippen LogP contribution in [-0.2, 0) is 0 Å². The Kier molecular flexibility index (Phi) is 4.69. The van der Waals surface area contributed by atoms with E-state index in [-0.39, 0.29) is 11.9 Å². The zero-order valence-corrected chi connectivity index (χ0v) is 12.0. The number of ether oxygens (including phenoxy) is 1. The number of aryl methyl sites for hydroxylation is 1. The van der Waals surface area contributed by atoms with Crippen LogP contribution in [0, 0.1) is 12.7 Å². The number of benzene rings is 1. The lowest BCUT2D eigenvalue weighted by Crippen LogP contribution is -2.23. The van der Waals surface area contributed by atoms with E-state index in [0.717, 1.165) is 17.7 Å². The molecule has 1 unspecified atom stereocenters. The number of methoxy groups -OCH3 is 1. The molecule has 1 aromatic carbocycles. The molecule has 1 heterocycles. The van der Waals surface area contributed by atoms with Gasteiger partial charge in [-0.2, -0.15) is 0 Å². The maximum Gasteiger partial charge on any atom is 0.142 e. The molecule has 0 aliphatic carbocycles. The summed E-state index contributed by atoms with van der Waals surface area (Å²) in [6.45, 7) is 4.67. The van der Waals surface area contributed by atoms with Crippen molar-refractivity contribution in [1.82, 2.24) is 10.3 Å². The van der Waals surface area contributed by atoms with Crippen LogP contribution in [-0.4, -0.2) is 18.6 Å². The van der Waals surface area contributed by atoms with Gasteiger partial charge in [-0.25, -0.2) is 4.39 Å². The first-order valence-electron chi connectivity index (χ1n) is 6.64. The van der Waals surface area contributed by atoms with Crippen molar-refractivity contribution < 1.29 is 9.13 Å². The first kappa shape index (κ1) is 14.5. The van der Waals surface area contributed by atoms with Crippen molar-refractivity contribution in [2.45, 2.75) is 19.9 Å². The van der Waals surface area contributed by atoms with Gasteiger partial charge in [-0.1, -0.05) is 24.6 Å². The molecule has 0 fully saturated rings. The van der Waals surface area contributed by atoms with Gasteiger partial charge in [0, 0.05) is 17.3 Å². The number of pyridine rings is 1. The molecule has 0 radical (unpaired) electrons. The van der Waals surface area contributed by atoms with Crippen molar-refractivity contribution in [2.75, 3.05) is 13.7 Å². The van der Waals surface area contributed by atoms with Crippen LogP contribution < -0.4 is 10.1 Å². The second kappa shape index (κ2) is 6.48. The molecule has 1 aromatic heterocycles. The van der Waals surface area contributed by atoms with Crippen LogP contribution in [0.1, 0.15) is 29.7 Å². The number of nitrogens with zero attached hydrogens (tertiary/aromatic N) is 1. The van der Waals surface area contributed by atoms with Crippen molar-refractivity contribution in [1.29, 1.82) is 0 Å². The summed E-state index contributed by atoms with van der Waals surface area (Å²) in [6.07, 6.45) is 3.34. The van der Waals surface area contributed by atoms with Gasteiger partial charge >= 0.3 is 0 Å². The van der Waals surface area contributed by atoms with E-state index in [4.69, 9.17) is 4.74 Å². The van der Waals surface area contributed by atoms with E-state index in [9.17, 15) is 4.39 Å². The first-order valence-corrected chi connectivity index (χ1v) is 6.64. The molecule has 0 aliphatic heterocycles. The monoisotopic (exact) mass is 274 g/mol. The molecular weight excluding hydrogens is 255 g/mol. The van der Waals surface area contributed by atoms with E-state index >= 15 is 0 Å². The third-order valence-corrected chi connectivity index (χ3v) is 3.22. The molecule has 1 N–H and O–H groups in total. The highest BCUT2D eigenvalue weighted by molar-refractivity contribution is 5.41. The summed E-state index contributed by atoms with van der Waals surface area (Å²) in [5, 5.41) is 3.31. The van der Waals surface area contributed by atoms with E-state index in [0.29, 0.717) is 11.3 Å². The van der Waals surface area contributed by atoms with E-state index < -0.39 is 0 Å². The zero-order valence-electron chi connectivity index (χ0n) is 12.0. The Morgan fingerprint density at radius 1 is 1.30 bits per heavy atom. The van der Waals surface area contributed by atoms with E-state index in [2.05, 4.69) is 10.3 Å². The fraction of sp³-hybridized carbons (Fsp3) is 0.312. The lowest BCUT2D eigenvalue weighted by Gasteiger charge is -2.21. The van der Waals surface area contributed by atoms with Crippen molar-refractivity contribution in [3.05, 3.63) is 59.2 Å². The SMILES string of the molecule is CCNC(c1cc(C)ccc1F)c1ccncc1OC. The number of nitrogens with one attached hydrogen (secondary N) is 1. The summed E-state index contributed by atoms with van der Waals surface area (Å²) in [5.41, 5.74) is 2.53. The van der Waals surface area contributed by atoms with Crippen molar-refractivity contribution in [2.24, 2.45) is 0 Å². The number of aromatic nitrogens is 1. The van der Waals surface area contributed by atoms with Gasteiger partial charge in [-0.3, -0.25) is 4.98 Å². The number of hydrogen-bond acceptors (Lipinski definition) is 3. The standard InChI is InChI=1S/C16H19FN2O/c1-4-19-16(12-7-8-18-10-15(12)20-3)13-9-11(2)5-6-14(13)17/h5-10,16,19H,4H2,1-3H3. The molecule has 3 nitrogen and oxygen atoms in total. The summed E-state index contributed by atoms with van der Waals surface area (Å²) in [6, 6.07) is 6.74. The van der Waals surface area contributed by atoms with Gasteiger partial charge in [0.15, 0.2) is 0 Å². The second-order valence-corrected chi connectivity index (χ2v) is 4.63. The minimum Gasteiger partial charge on any atom is -0.495 e. The average molecular weight is 274 g/mol. The molecule has 0 saturated carbocycles. The molecule has 0 spiro atoms. The Morgan fingerprint density at radius 2 is 2.10 bits per heavy atom. The topological polar surface area (TPSA) is 34.2 Å². The Balaban J connectivity index is 2.53. The highest BCUT2D eigenvalue weighted by Gasteiger charge is 2.20. The Morgan fingerprint density at radius 3 is 2.80 bits per heavy atom. The predicted molar refractivity (Wildman–Crippen MR) is 77.4 cm³/mol. The molecule has 4 heteroatoms. The van der Waals surface area contributed by atoms with Gasteiger partial charge in [0.1, 0.15) is 11.6 Å². The molecule has 0 bridgehead atoms. The van der Waals surface area contributed by atoms with Gasteiger partial charge in [0.2, 0.25) is 0 Å². The highest BCUT2D eigenvalue weighted by atomic mass is 19.1. The van der Waals surface area contributed by atoms with Gasteiger partial charge in [-0.15, -0.1) is 0 Å². The van der Waals surface area contributed by atoms with Gasteiger partial charge in [0.05, 0.1) is 19.3 Å². The number of rotatable bonds is 5. The summed E-state index contributed by atoms with van der Waals surface area (Å²) < 4.78 is 19.5. The van der Waals surface area contributed by atoms with Crippen LogP contribution in [0.2, 0.25) is 0 Å². The molecule has 2 aromatic rings. The molecule has 0 amide bonds. The largest absolute Gasteiger partial charge is 0.495 e. The maximum atomic E-state index is 14.2. The van der Waals surface area contributed by atoms with Crippen LogP contribution in [0.15, 0.2) is 36.7 Å². The molecular formula is C16H19FN2O. The Hall–Kier alpha value is -1.94. The fourth-order valence-corrected chi connectivity index (χ4v) is 2.28. The van der Waals surface area contributed by atoms with Gasteiger partial charge < -0.3 is 10.1 Å². The molecule has 2 rings (SSSR count). The van der Waals surface area contributed by atoms with E-state index in [1.54, 1.807) is 25.6 Å². The Labute approximate surface area is 118 Å². The lowest BCUT2D eigenvalue weighted by molar-refractivity contribution is 0.401. The van der Waals surface area contributed by atoms with Crippen LogP contribution in [0.5, 0.6) is 5.75 Å². The van der Waals surface area contributed by atoms with Crippen LogP contribution in [0.25, 0.3) is 0 Å². The third kappa shape index (κ3) is 2.96. The average Bonchev–Trinajstić information content (AvgIpc) is 2.47. The lowest BCUT2D eigenvalue weighted by atomic mass is 9.97. The predicted octanol–water partition coefficient (Wildman–Crippen LogP) is 3.24. The number of hydrogen-bond donors (Lipinski definition) is 1. The van der Waals surface area contributed by atoms with Crippen molar-refractivity contribution in [3.8, 4) is 5.75 Å².